The fourth-order valence-corrected chi connectivity index (χ4v) is 2.36. The number of nitrogens with zero attached hydrogens (tertiary/aromatic N) is 4. The summed E-state index contributed by atoms with van der Waals surface area (Å²) < 4.78 is 3.90. The zero-order valence-electron chi connectivity index (χ0n) is 10.8. The first-order valence-corrected chi connectivity index (χ1v) is 6.33. The van der Waals surface area contributed by atoms with Gasteiger partial charge in [-0.1, -0.05) is 30.3 Å². The summed E-state index contributed by atoms with van der Waals surface area (Å²) in [4.78, 5) is 0. The minimum Gasteiger partial charge on any atom is -0.245 e. The summed E-state index contributed by atoms with van der Waals surface area (Å²) in [5, 5.41) is 8.79. The molecule has 0 atom stereocenters. The Morgan fingerprint density at radius 3 is 1.95 bits per heavy atom. The normalized spacial score (nSPS) is 11.6. The summed E-state index contributed by atoms with van der Waals surface area (Å²) in [5.74, 6) is 0. The lowest BCUT2D eigenvalue weighted by Gasteiger charge is -2.31. The quantitative estimate of drug-likeness (QED) is 0.715. The average Bonchev–Trinajstić information content (AvgIpc) is 3.14. The van der Waals surface area contributed by atoms with Crippen molar-refractivity contribution in [3.05, 3.63) is 72.8 Å². The topological polar surface area (TPSA) is 35.6 Å². The van der Waals surface area contributed by atoms with Crippen LogP contribution in [0.4, 0.5) is 0 Å². The molecule has 0 spiro atoms. The van der Waals surface area contributed by atoms with Crippen molar-refractivity contribution in [3.8, 4) is 0 Å². The van der Waals surface area contributed by atoms with E-state index in [1.54, 1.807) is 12.4 Å². The second-order valence-electron chi connectivity index (χ2n) is 4.78. The van der Waals surface area contributed by atoms with Gasteiger partial charge in [-0.25, -0.2) is 9.36 Å². The van der Waals surface area contributed by atoms with Crippen LogP contribution in [0.1, 0.15) is 12.5 Å². The maximum atomic E-state index is 4.40. The fraction of sp³-hybridized carbons (Fsp3) is 0.200. The van der Waals surface area contributed by atoms with Gasteiger partial charge in [-0.2, -0.15) is 10.2 Å². The Labute approximate surface area is 112 Å². The van der Waals surface area contributed by atoms with Crippen LogP contribution in [-0.2, 0) is 12.1 Å². The second kappa shape index (κ2) is 4.72. The molecule has 2 aromatic heterocycles. The summed E-state index contributed by atoms with van der Waals surface area (Å²) in [7, 11) is 0. The molecular weight excluding hydrogens is 236 g/mol. The Bertz CT molecular complexity index is 577. The minimum absolute atomic E-state index is 0.339. The van der Waals surface area contributed by atoms with Crippen LogP contribution >= 0.6 is 0 Å². The molecule has 0 aliphatic rings. The summed E-state index contributed by atoms with van der Waals surface area (Å²) in [6.07, 6.45) is 8.38. The van der Waals surface area contributed by atoms with Gasteiger partial charge in [0.1, 0.15) is 0 Å². The Balaban J connectivity index is 2.03. The van der Waals surface area contributed by atoms with E-state index < -0.39 is 0 Å². The van der Waals surface area contributed by atoms with Crippen molar-refractivity contribution in [3.63, 3.8) is 0 Å². The van der Waals surface area contributed by atoms with Crippen molar-refractivity contribution in [2.75, 3.05) is 0 Å². The van der Waals surface area contributed by atoms with Crippen LogP contribution in [-0.4, -0.2) is 19.6 Å². The van der Waals surface area contributed by atoms with Crippen LogP contribution in [0, 0.1) is 0 Å². The van der Waals surface area contributed by atoms with Crippen molar-refractivity contribution in [1.82, 2.24) is 19.6 Å². The van der Waals surface area contributed by atoms with Crippen molar-refractivity contribution in [1.29, 1.82) is 0 Å². The molecule has 0 aliphatic heterocycles. The van der Waals surface area contributed by atoms with Gasteiger partial charge >= 0.3 is 0 Å². The van der Waals surface area contributed by atoms with Gasteiger partial charge in [0.05, 0.1) is 0 Å². The number of hydrogen-bond acceptors (Lipinski definition) is 2. The van der Waals surface area contributed by atoms with Crippen molar-refractivity contribution in [2.24, 2.45) is 0 Å². The Hall–Kier alpha value is -2.36. The Morgan fingerprint density at radius 1 is 0.895 bits per heavy atom. The van der Waals surface area contributed by atoms with Gasteiger partial charge < -0.3 is 0 Å². The van der Waals surface area contributed by atoms with Gasteiger partial charge in [0.25, 0.3) is 0 Å². The fourth-order valence-electron chi connectivity index (χ4n) is 2.36. The van der Waals surface area contributed by atoms with Crippen molar-refractivity contribution in [2.45, 2.75) is 19.0 Å². The van der Waals surface area contributed by atoms with Gasteiger partial charge in [-0.3, -0.25) is 0 Å². The number of rotatable bonds is 4. The van der Waals surface area contributed by atoms with E-state index in [2.05, 4.69) is 41.4 Å². The predicted octanol–water partition coefficient (Wildman–Crippen LogP) is 2.54. The van der Waals surface area contributed by atoms with Gasteiger partial charge in [0.2, 0.25) is 0 Å². The van der Waals surface area contributed by atoms with Gasteiger partial charge in [0, 0.05) is 31.2 Å². The second-order valence-corrected chi connectivity index (χ2v) is 4.78. The lowest BCUT2D eigenvalue weighted by molar-refractivity contribution is 0.205. The molecule has 0 aliphatic carbocycles. The van der Waals surface area contributed by atoms with Crippen LogP contribution < -0.4 is 0 Å². The minimum atomic E-state index is -0.339. The molecule has 0 fully saturated rings. The molecule has 3 aromatic rings. The molecule has 0 saturated heterocycles. The molecule has 19 heavy (non-hydrogen) atoms. The molecule has 3 rings (SSSR count). The molecule has 4 nitrogen and oxygen atoms in total. The van der Waals surface area contributed by atoms with Crippen LogP contribution in [0.3, 0.4) is 0 Å². The molecule has 0 N–H and O–H groups in total. The van der Waals surface area contributed by atoms with Crippen LogP contribution in [0.15, 0.2) is 67.3 Å². The molecule has 2 heterocycles. The molecule has 0 saturated carbocycles. The summed E-state index contributed by atoms with van der Waals surface area (Å²) in [5.41, 5.74) is 0.921. The highest BCUT2D eigenvalue weighted by molar-refractivity contribution is 5.17. The first-order chi connectivity index (χ1) is 9.29. The smallest absolute Gasteiger partial charge is 0.154 e. The Morgan fingerprint density at radius 2 is 1.47 bits per heavy atom. The Kier molecular flexibility index (Phi) is 2.91. The maximum absolute atomic E-state index is 4.40. The van der Waals surface area contributed by atoms with E-state index in [9.17, 15) is 0 Å². The standard InChI is InChI=1S/C15H16N4/c1-15(18-11-5-9-16-18,19-12-6-10-17-19)13-14-7-3-2-4-8-14/h2-12H,13H2,1H3. The van der Waals surface area contributed by atoms with E-state index >= 15 is 0 Å². The first-order valence-electron chi connectivity index (χ1n) is 6.33. The molecule has 0 unspecified atom stereocenters. The first kappa shape index (κ1) is 11.7. The molecule has 4 heteroatoms. The van der Waals surface area contributed by atoms with Gasteiger partial charge in [-0.15, -0.1) is 0 Å². The monoisotopic (exact) mass is 252 g/mol. The number of aromatic nitrogens is 4. The molecular formula is C15H16N4. The van der Waals surface area contributed by atoms with E-state index in [1.165, 1.54) is 5.56 Å². The molecule has 0 bridgehead atoms. The third-order valence-corrected chi connectivity index (χ3v) is 3.38. The third kappa shape index (κ3) is 2.17. The highest BCUT2D eigenvalue weighted by atomic mass is 15.5. The predicted molar refractivity (Wildman–Crippen MR) is 73.6 cm³/mol. The van der Waals surface area contributed by atoms with Crippen LogP contribution in [0.25, 0.3) is 0 Å². The highest BCUT2D eigenvalue weighted by Gasteiger charge is 2.29. The molecule has 96 valence electrons. The van der Waals surface area contributed by atoms with Crippen molar-refractivity contribution < 1.29 is 0 Å². The van der Waals surface area contributed by atoms with Gasteiger partial charge in [0.15, 0.2) is 5.66 Å². The van der Waals surface area contributed by atoms with E-state index in [0.29, 0.717) is 0 Å². The van der Waals surface area contributed by atoms with Crippen LogP contribution in [0.2, 0.25) is 0 Å². The molecule has 1 aromatic carbocycles. The largest absolute Gasteiger partial charge is 0.245 e. The van der Waals surface area contributed by atoms with E-state index in [-0.39, 0.29) is 5.66 Å². The summed E-state index contributed by atoms with van der Waals surface area (Å²) in [6.45, 7) is 2.14. The maximum Gasteiger partial charge on any atom is 0.154 e. The SMILES string of the molecule is CC(Cc1ccccc1)(n1cccn1)n1cccn1. The summed E-state index contributed by atoms with van der Waals surface area (Å²) in [6, 6.07) is 14.3. The number of hydrogen-bond donors (Lipinski definition) is 0. The van der Waals surface area contributed by atoms with E-state index in [0.717, 1.165) is 6.42 Å². The average molecular weight is 252 g/mol. The summed E-state index contributed by atoms with van der Waals surface area (Å²) >= 11 is 0. The van der Waals surface area contributed by atoms with Crippen LogP contribution in [0.5, 0.6) is 0 Å². The number of benzene rings is 1. The van der Waals surface area contributed by atoms with E-state index in [1.807, 2.05) is 40.0 Å². The highest BCUT2D eigenvalue weighted by Crippen LogP contribution is 2.22. The molecule has 0 radical (unpaired) electrons. The van der Waals surface area contributed by atoms with Crippen molar-refractivity contribution >= 4 is 0 Å². The lowest BCUT2D eigenvalue weighted by atomic mass is 10.0. The van der Waals surface area contributed by atoms with E-state index in [4.69, 9.17) is 0 Å². The molecule has 0 amide bonds. The lowest BCUT2D eigenvalue weighted by Crippen LogP contribution is -2.41. The third-order valence-electron chi connectivity index (χ3n) is 3.38. The van der Waals surface area contributed by atoms with Gasteiger partial charge in [-0.05, 0) is 24.6 Å². The zero-order chi connectivity index (χ0) is 13.1. The zero-order valence-corrected chi connectivity index (χ0v) is 10.8.